The molecule has 1 aromatic carbocycles. The Kier molecular flexibility index (Phi) is 5.12. The smallest absolute Gasteiger partial charge is 0.319 e. The topological polar surface area (TPSA) is 95.2 Å². The van der Waals surface area contributed by atoms with Crippen molar-refractivity contribution in [2.45, 2.75) is 19.9 Å². The largest absolute Gasteiger partial charge is 0.378 e. The molecule has 8 heteroatoms. The first kappa shape index (κ1) is 18.2. The van der Waals surface area contributed by atoms with Crippen molar-refractivity contribution in [2.24, 2.45) is 0 Å². The number of H-pyrrole nitrogens is 1. The molecule has 1 aliphatic rings. The summed E-state index contributed by atoms with van der Waals surface area (Å²) < 4.78 is 5.44. The number of ether oxygens (including phenoxy) is 1. The van der Waals surface area contributed by atoms with Gasteiger partial charge in [0.25, 0.3) is 0 Å². The summed E-state index contributed by atoms with van der Waals surface area (Å²) in [6.07, 6.45) is 1.59. The highest BCUT2D eigenvalue weighted by molar-refractivity contribution is 5.92. The molecule has 0 aliphatic carbocycles. The summed E-state index contributed by atoms with van der Waals surface area (Å²) in [6, 6.07) is 9.67. The minimum absolute atomic E-state index is 0.0902. The van der Waals surface area contributed by atoms with E-state index in [1.54, 1.807) is 6.33 Å². The van der Waals surface area contributed by atoms with Gasteiger partial charge in [0.05, 0.1) is 18.6 Å². The van der Waals surface area contributed by atoms with Crippen molar-refractivity contribution < 1.29 is 9.53 Å². The molecule has 3 heterocycles. The van der Waals surface area contributed by atoms with Crippen molar-refractivity contribution >= 4 is 28.6 Å². The lowest BCUT2D eigenvalue weighted by Crippen LogP contribution is -2.36. The Hall–Kier alpha value is -3.13. The van der Waals surface area contributed by atoms with Gasteiger partial charge in [0.2, 0.25) is 0 Å². The summed E-state index contributed by atoms with van der Waals surface area (Å²) in [6.45, 7) is 6.92. The number of hydrogen-bond donors (Lipinski definition) is 3. The molecule has 3 N–H and O–H groups in total. The molecule has 0 atom stereocenters. The van der Waals surface area contributed by atoms with Gasteiger partial charge in [-0.25, -0.2) is 14.8 Å². The number of benzene rings is 1. The molecule has 0 unspecified atom stereocenters. The number of urea groups is 1. The lowest BCUT2D eigenvalue weighted by Gasteiger charge is -2.27. The van der Waals surface area contributed by atoms with E-state index < -0.39 is 0 Å². The lowest BCUT2D eigenvalue weighted by atomic mass is 10.1. The molecule has 2 amide bonds. The quantitative estimate of drug-likeness (QED) is 0.647. The Morgan fingerprint density at radius 2 is 1.93 bits per heavy atom. The number of aromatic nitrogens is 3. The van der Waals surface area contributed by atoms with Crippen LogP contribution < -0.4 is 15.5 Å². The van der Waals surface area contributed by atoms with E-state index in [-0.39, 0.29) is 12.1 Å². The van der Waals surface area contributed by atoms with Gasteiger partial charge in [0.1, 0.15) is 17.8 Å². The monoisotopic (exact) mass is 380 g/mol. The summed E-state index contributed by atoms with van der Waals surface area (Å²) in [5.41, 5.74) is 3.53. The molecular weight excluding hydrogens is 356 g/mol. The molecule has 2 aromatic heterocycles. The number of nitrogens with zero attached hydrogens (tertiary/aromatic N) is 3. The Labute approximate surface area is 163 Å². The molecule has 1 saturated heterocycles. The number of carbonyl (C=O) groups is 1. The normalized spacial score (nSPS) is 14.5. The molecule has 28 heavy (non-hydrogen) atoms. The van der Waals surface area contributed by atoms with E-state index in [1.807, 2.05) is 38.1 Å². The fourth-order valence-electron chi connectivity index (χ4n) is 3.27. The average molecular weight is 380 g/mol. The maximum absolute atomic E-state index is 11.8. The number of fused-ring (bicyclic) bond motifs is 1. The predicted molar refractivity (Wildman–Crippen MR) is 110 cm³/mol. The van der Waals surface area contributed by atoms with Crippen molar-refractivity contribution in [3.63, 3.8) is 0 Å². The van der Waals surface area contributed by atoms with Crippen molar-refractivity contribution in [1.29, 1.82) is 0 Å². The summed E-state index contributed by atoms with van der Waals surface area (Å²) in [5, 5.41) is 6.64. The maximum atomic E-state index is 11.8. The first-order valence-electron chi connectivity index (χ1n) is 9.44. The first-order chi connectivity index (χ1) is 13.6. The summed E-state index contributed by atoms with van der Waals surface area (Å²) in [7, 11) is 0. The number of carbonyl (C=O) groups excluding carboxylic acids is 1. The van der Waals surface area contributed by atoms with Crippen LogP contribution in [0.2, 0.25) is 0 Å². The Morgan fingerprint density at radius 3 is 2.64 bits per heavy atom. The molecule has 1 fully saturated rings. The van der Waals surface area contributed by atoms with Crippen molar-refractivity contribution in [3.8, 4) is 11.3 Å². The molecule has 4 rings (SSSR count). The van der Waals surface area contributed by atoms with Gasteiger partial charge in [0.15, 0.2) is 0 Å². The molecule has 0 bridgehead atoms. The van der Waals surface area contributed by atoms with Gasteiger partial charge in [-0.1, -0.05) is 12.1 Å². The van der Waals surface area contributed by atoms with Gasteiger partial charge in [-0.15, -0.1) is 0 Å². The number of rotatable bonds is 4. The van der Waals surface area contributed by atoms with Crippen molar-refractivity contribution in [3.05, 3.63) is 36.7 Å². The van der Waals surface area contributed by atoms with Crippen LogP contribution in [-0.4, -0.2) is 53.3 Å². The molecule has 3 aromatic rings. The first-order valence-corrected chi connectivity index (χ1v) is 9.44. The van der Waals surface area contributed by atoms with Crippen LogP contribution in [0.5, 0.6) is 0 Å². The number of morpholine rings is 1. The fraction of sp³-hybridized carbons (Fsp3) is 0.350. The van der Waals surface area contributed by atoms with Gasteiger partial charge in [0, 0.05) is 30.5 Å². The minimum Gasteiger partial charge on any atom is -0.378 e. The van der Waals surface area contributed by atoms with E-state index in [0.29, 0.717) is 13.2 Å². The zero-order valence-corrected chi connectivity index (χ0v) is 16.0. The average Bonchev–Trinajstić information content (AvgIpc) is 3.13. The number of amides is 2. The molecule has 1 aliphatic heterocycles. The van der Waals surface area contributed by atoms with E-state index in [1.165, 1.54) is 0 Å². The second-order valence-electron chi connectivity index (χ2n) is 7.07. The lowest BCUT2D eigenvalue weighted by molar-refractivity contribution is 0.122. The molecule has 8 nitrogen and oxygen atoms in total. The van der Waals surface area contributed by atoms with E-state index in [4.69, 9.17) is 4.74 Å². The highest BCUT2D eigenvalue weighted by Crippen LogP contribution is 2.29. The second-order valence-corrected chi connectivity index (χ2v) is 7.07. The second kappa shape index (κ2) is 7.85. The fourth-order valence-corrected chi connectivity index (χ4v) is 3.27. The van der Waals surface area contributed by atoms with Gasteiger partial charge >= 0.3 is 6.03 Å². The van der Waals surface area contributed by atoms with Crippen LogP contribution in [0.3, 0.4) is 0 Å². The van der Waals surface area contributed by atoms with E-state index in [2.05, 4.69) is 36.6 Å². The minimum atomic E-state index is -0.209. The SMILES string of the molecule is CC(C)NC(=O)Nc1ccc(-c2cc3c(N4CCOCC4)ncnc3[nH]2)cc1. The molecular formula is C20H24N6O2. The van der Waals surface area contributed by atoms with Crippen LogP contribution in [0.4, 0.5) is 16.3 Å². The highest BCUT2D eigenvalue weighted by Gasteiger charge is 2.17. The molecule has 0 saturated carbocycles. The van der Waals surface area contributed by atoms with E-state index in [9.17, 15) is 4.79 Å². The number of hydrogen-bond acceptors (Lipinski definition) is 5. The summed E-state index contributed by atoms with van der Waals surface area (Å²) in [4.78, 5) is 26.3. The van der Waals surface area contributed by atoms with Crippen molar-refractivity contribution in [2.75, 3.05) is 36.5 Å². The van der Waals surface area contributed by atoms with E-state index in [0.717, 1.165) is 46.9 Å². The third-order valence-corrected chi connectivity index (χ3v) is 4.59. The number of nitrogens with one attached hydrogen (secondary N) is 3. The molecule has 0 radical (unpaired) electrons. The number of anilines is 2. The van der Waals surface area contributed by atoms with Crippen LogP contribution >= 0.6 is 0 Å². The van der Waals surface area contributed by atoms with Gasteiger partial charge in [-0.3, -0.25) is 0 Å². The Balaban J connectivity index is 1.56. The van der Waals surface area contributed by atoms with Crippen LogP contribution in [-0.2, 0) is 4.74 Å². The molecule has 146 valence electrons. The van der Waals surface area contributed by atoms with Crippen LogP contribution in [0.1, 0.15) is 13.8 Å². The Morgan fingerprint density at radius 1 is 1.18 bits per heavy atom. The zero-order chi connectivity index (χ0) is 19.5. The Bertz CT molecular complexity index is 960. The van der Waals surface area contributed by atoms with Gasteiger partial charge < -0.3 is 25.3 Å². The number of aromatic amines is 1. The molecule has 0 spiro atoms. The van der Waals surface area contributed by atoms with Gasteiger partial charge in [-0.2, -0.15) is 0 Å². The highest BCUT2D eigenvalue weighted by atomic mass is 16.5. The van der Waals surface area contributed by atoms with Crippen LogP contribution in [0.15, 0.2) is 36.7 Å². The standard InChI is InChI=1S/C20H24N6O2/c1-13(2)23-20(27)24-15-5-3-14(4-6-15)17-11-16-18(25-17)21-12-22-19(16)26-7-9-28-10-8-26/h3-6,11-13H,7-10H2,1-2H3,(H,21,22,25)(H2,23,24,27). The maximum Gasteiger partial charge on any atom is 0.319 e. The summed E-state index contributed by atoms with van der Waals surface area (Å²) >= 11 is 0. The zero-order valence-electron chi connectivity index (χ0n) is 16.0. The van der Waals surface area contributed by atoms with Crippen molar-refractivity contribution in [1.82, 2.24) is 20.3 Å². The van der Waals surface area contributed by atoms with Gasteiger partial charge in [-0.05, 0) is 37.6 Å². The third-order valence-electron chi connectivity index (χ3n) is 4.59. The third kappa shape index (κ3) is 3.91. The van der Waals surface area contributed by atoms with E-state index >= 15 is 0 Å². The predicted octanol–water partition coefficient (Wildman–Crippen LogP) is 2.99. The summed E-state index contributed by atoms with van der Waals surface area (Å²) in [5.74, 6) is 0.930. The van der Waals surface area contributed by atoms with Crippen LogP contribution in [0, 0.1) is 0 Å². The van der Waals surface area contributed by atoms with Crippen LogP contribution in [0.25, 0.3) is 22.3 Å².